The maximum Gasteiger partial charge on any atom is 0.244 e. The average molecular weight is 260 g/mol. The number of hydrogen-bond acceptors (Lipinski definition) is 2. The summed E-state index contributed by atoms with van der Waals surface area (Å²) in [5.74, 6) is -0.0848. The second-order valence-corrected chi connectivity index (χ2v) is 5.96. The van der Waals surface area contributed by atoms with Crippen LogP contribution in [0, 0.1) is 5.41 Å². The number of amides is 1. The van der Waals surface area contributed by atoms with Crippen molar-refractivity contribution in [2.24, 2.45) is 11.1 Å². The van der Waals surface area contributed by atoms with Crippen LogP contribution in [0.2, 0.25) is 0 Å². The second kappa shape index (κ2) is 5.33. The Morgan fingerprint density at radius 1 is 1.37 bits per heavy atom. The molecule has 1 amide bonds. The van der Waals surface area contributed by atoms with E-state index in [-0.39, 0.29) is 5.91 Å². The van der Waals surface area contributed by atoms with E-state index in [0.717, 1.165) is 18.5 Å². The minimum absolute atomic E-state index is 0.0848. The van der Waals surface area contributed by atoms with Gasteiger partial charge in [-0.15, -0.1) is 0 Å². The van der Waals surface area contributed by atoms with Crippen LogP contribution in [-0.2, 0) is 10.3 Å². The number of carbonyl (C=O) groups excluding carboxylic acids is 1. The second-order valence-electron chi connectivity index (χ2n) is 5.96. The van der Waals surface area contributed by atoms with Gasteiger partial charge in [-0.3, -0.25) is 4.79 Å². The highest BCUT2D eigenvalue weighted by molar-refractivity contribution is 5.87. The molecule has 2 rings (SSSR count). The van der Waals surface area contributed by atoms with Crippen molar-refractivity contribution in [3.63, 3.8) is 0 Å². The van der Waals surface area contributed by atoms with Crippen LogP contribution in [-0.4, -0.2) is 12.5 Å². The third-order valence-electron chi connectivity index (χ3n) is 4.63. The predicted molar refractivity (Wildman–Crippen MR) is 77.6 cm³/mol. The Morgan fingerprint density at radius 2 is 2.00 bits per heavy atom. The van der Waals surface area contributed by atoms with Gasteiger partial charge in [0.05, 0.1) is 0 Å². The summed E-state index contributed by atoms with van der Waals surface area (Å²) in [5.41, 5.74) is 6.42. The van der Waals surface area contributed by atoms with Gasteiger partial charge >= 0.3 is 0 Å². The SMILES string of the molecule is CCC1(CNC(=O)C(C)(N)c2ccccc2)CCC1. The van der Waals surface area contributed by atoms with E-state index in [1.807, 2.05) is 30.3 Å². The zero-order valence-electron chi connectivity index (χ0n) is 11.9. The van der Waals surface area contributed by atoms with E-state index in [0.29, 0.717) is 5.41 Å². The molecular formula is C16H24N2O. The van der Waals surface area contributed by atoms with Crippen molar-refractivity contribution in [3.8, 4) is 0 Å². The topological polar surface area (TPSA) is 55.1 Å². The molecule has 3 nitrogen and oxygen atoms in total. The summed E-state index contributed by atoms with van der Waals surface area (Å²) in [7, 11) is 0. The van der Waals surface area contributed by atoms with Crippen LogP contribution in [0.3, 0.4) is 0 Å². The van der Waals surface area contributed by atoms with Crippen LogP contribution in [0.4, 0.5) is 0 Å². The molecule has 1 atom stereocenters. The van der Waals surface area contributed by atoms with Gasteiger partial charge < -0.3 is 11.1 Å². The largest absolute Gasteiger partial charge is 0.354 e. The lowest BCUT2D eigenvalue weighted by Crippen LogP contribution is -2.52. The fraction of sp³-hybridized carbons (Fsp3) is 0.562. The number of benzene rings is 1. The summed E-state index contributed by atoms with van der Waals surface area (Å²) in [4.78, 5) is 12.3. The quantitative estimate of drug-likeness (QED) is 0.855. The molecule has 0 saturated heterocycles. The Hall–Kier alpha value is -1.35. The molecule has 3 N–H and O–H groups in total. The minimum atomic E-state index is -0.958. The fourth-order valence-electron chi connectivity index (χ4n) is 2.70. The molecule has 0 aromatic heterocycles. The van der Waals surface area contributed by atoms with E-state index in [1.54, 1.807) is 6.92 Å². The maximum absolute atomic E-state index is 12.3. The Labute approximate surface area is 115 Å². The first kappa shape index (κ1) is 14.1. The smallest absolute Gasteiger partial charge is 0.244 e. The molecule has 1 aromatic rings. The molecule has 0 aliphatic heterocycles. The number of hydrogen-bond donors (Lipinski definition) is 2. The van der Waals surface area contributed by atoms with Crippen LogP contribution in [0.5, 0.6) is 0 Å². The van der Waals surface area contributed by atoms with Crippen LogP contribution in [0.1, 0.15) is 45.1 Å². The first-order chi connectivity index (χ1) is 9.00. The van der Waals surface area contributed by atoms with E-state index in [2.05, 4.69) is 12.2 Å². The van der Waals surface area contributed by atoms with E-state index < -0.39 is 5.54 Å². The summed E-state index contributed by atoms with van der Waals surface area (Å²) in [5, 5.41) is 3.05. The van der Waals surface area contributed by atoms with Gasteiger partial charge in [0, 0.05) is 6.54 Å². The van der Waals surface area contributed by atoms with Crippen LogP contribution >= 0.6 is 0 Å². The van der Waals surface area contributed by atoms with Gasteiger partial charge in [-0.2, -0.15) is 0 Å². The highest BCUT2D eigenvalue weighted by atomic mass is 16.2. The fourth-order valence-corrected chi connectivity index (χ4v) is 2.70. The number of nitrogens with two attached hydrogens (primary N) is 1. The number of nitrogens with one attached hydrogen (secondary N) is 1. The van der Waals surface area contributed by atoms with E-state index in [1.165, 1.54) is 19.3 Å². The van der Waals surface area contributed by atoms with E-state index in [4.69, 9.17) is 5.73 Å². The van der Waals surface area contributed by atoms with Crippen molar-refractivity contribution < 1.29 is 4.79 Å². The molecule has 0 radical (unpaired) electrons. The van der Waals surface area contributed by atoms with Gasteiger partial charge in [0.2, 0.25) is 5.91 Å². The van der Waals surface area contributed by atoms with Gasteiger partial charge in [-0.05, 0) is 37.2 Å². The first-order valence-electron chi connectivity index (χ1n) is 7.13. The van der Waals surface area contributed by atoms with Crippen molar-refractivity contribution >= 4 is 5.91 Å². The van der Waals surface area contributed by atoms with Crippen molar-refractivity contribution in [2.45, 2.75) is 45.1 Å². The predicted octanol–water partition coefficient (Wildman–Crippen LogP) is 2.56. The molecular weight excluding hydrogens is 236 g/mol. The molecule has 104 valence electrons. The summed E-state index contributed by atoms with van der Waals surface area (Å²) in [6.45, 7) is 4.73. The van der Waals surface area contributed by atoms with Crippen molar-refractivity contribution in [1.82, 2.24) is 5.32 Å². The monoisotopic (exact) mass is 260 g/mol. The molecule has 1 unspecified atom stereocenters. The van der Waals surface area contributed by atoms with Gasteiger partial charge in [-0.25, -0.2) is 0 Å². The molecule has 3 heteroatoms. The first-order valence-corrected chi connectivity index (χ1v) is 7.13. The average Bonchev–Trinajstić information content (AvgIpc) is 2.38. The lowest BCUT2D eigenvalue weighted by molar-refractivity contribution is -0.127. The normalized spacial score (nSPS) is 20.2. The molecule has 0 bridgehead atoms. The molecule has 1 fully saturated rings. The zero-order chi connectivity index (χ0) is 13.9. The third-order valence-corrected chi connectivity index (χ3v) is 4.63. The van der Waals surface area contributed by atoms with Gasteiger partial charge in [-0.1, -0.05) is 43.7 Å². The number of carbonyl (C=O) groups is 1. The molecule has 19 heavy (non-hydrogen) atoms. The summed E-state index contributed by atoms with van der Waals surface area (Å²) in [6.07, 6.45) is 4.84. The summed E-state index contributed by atoms with van der Waals surface area (Å²) in [6, 6.07) is 9.55. The Bertz CT molecular complexity index is 430. The summed E-state index contributed by atoms with van der Waals surface area (Å²) >= 11 is 0. The molecule has 1 aromatic carbocycles. The molecule has 0 heterocycles. The van der Waals surface area contributed by atoms with Crippen LogP contribution in [0.25, 0.3) is 0 Å². The molecule has 0 spiro atoms. The Kier molecular flexibility index (Phi) is 3.95. The Morgan fingerprint density at radius 3 is 2.47 bits per heavy atom. The highest BCUT2D eigenvalue weighted by Gasteiger charge is 2.37. The summed E-state index contributed by atoms with van der Waals surface area (Å²) < 4.78 is 0. The van der Waals surface area contributed by atoms with Crippen molar-refractivity contribution in [2.75, 3.05) is 6.54 Å². The van der Waals surface area contributed by atoms with Gasteiger partial charge in [0.15, 0.2) is 0 Å². The molecule has 1 aliphatic carbocycles. The standard InChI is InChI=1S/C16H24N2O/c1-3-16(10-7-11-16)12-18-14(19)15(2,17)13-8-5-4-6-9-13/h4-6,8-9H,3,7,10-12,17H2,1-2H3,(H,18,19). The maximum atomic E-state index is 12.3. The lowest BCUT2D eigenvalue weighted by Gasteiger charge is -2.42. The third kappa shape index (κ3) is 2.81. The van der Waals surface area contributed by atoms with Gasteiger partial charge in [0.1, 0.15) is 5.54 Å². The van der Waals surface area contributed by atoms with Gasteiger partial charge in [0.25, 0.3) is 0 Å². The van der Waals surface area contributed by atoms with Crippen LogP contribution in [0.15, 0.2) is 30.3 Å². The lowest BCUT2D eigenvalue weighted by atomic mass is 9.67. The Balaban J connectivity index is 1.99. The van der Waals surface area contributed by atoms with Crippen molar-refractivity contribution in [1.29, 1.82) is 0 Å². The number of rotatable bonds is 5. The van der Waals surface area contributed by atoms with E-state index >= 15 is 0 Å². The molecule has 1 saturated carbocycles. The van der Waals surface area contributed by atoms with E-state index in [9.17, 15) is 4.79 Å². The minimum Gasteiger partial charge on any atom is -0.354 e. The zero-order valence-corrected chi connectivity index (χ0v) is 11.9. The van der Waals surface area contributed by atoms with Crippen molar-refractivity contribution in [3.05, 3.63) is 35.9 Å². The molecule has 1 aliphatic rings. The van der Waals surface area contributed by atoms with Crippen LogP contribution < -0.4 is 11.1 Å². The highest BCUT2D eigenvalue weighted by Crippen LogP contribution is 2.43.